The molecule has 1 spiro atoms. The minimum atomic E-state index is -0.523. The van der Waals surface area contributed by atoms with E-state index in [1.165, 1.54) is 12.8 Å². The third-order valence-electron chi connectivity index (χ3n) is 11.0. The Labute approximate surface area is 291 Å². The van der Waals surface area contributed by atoms with Gasteiger partial charge in [-0.05, 0) is 90.1 Å². The van der Waals surface area contributed by atoms with Gasteiger partial charge >= 0.3 is 12.1 Å². The van der Waals surface area contributed by atoms with E-state index in [9.17, 15) is 4.79 Å². The number of carbonyl (C=O) groups excluding carboxylic acids is 1. The summed E-state index contributed by atoms with van der Waals surface area (Å²) >= 11 is 6.95. The van der Waals surface area contributed by atoms with Crippen molar-refractivity contribution in [3.8, 4) is 17.1 Å². The van der Waals surface area contributed by atoms with Gasteiger partial charge in [-0.2, -0.15) is 15.1 Å². The smallest absolute Gasteiger partial charge is 0.410 e. The van der Waals surface area contributed by atoms with Crippen molar-refractivity contribution in [3.05, 3.63) is 41.3 Å². The van der Waals surface area contributed by atoms with Gasteiger partial charge in [0.15, 0.2) is 5.82 Å². The largest absolute Gasteiger partial charge is 0.463 e. The van der Waals surface area contributed by atoms with Gasteiger partial charge in [0.2, 0.25) is 0 Å². The number of halogens is 2. The second kappa shape index (κ2) is 12.0. The van der Waals surface area contributed by atoms with Crippen molar-refractivity contribution in [1.29, 1.82) is 0 Å². The number of aromatic nitrogens is 4. The van der Waals surface area contributed by atoms with Crippen molar-refractivity contribution < 1.29 is 18.7 Å². The van der Waals surface area contributed by atoms with Crippen molar-refractivity contribution in [3.63, 3.8) is 0 Å². The normalized spacial score (nSPS) is 20.3. The zero-order valence-electron chi connectivity index (χ0n) is 28.9. The molecular weight excluding hydrogens is 645 g/mol. The highest BCUT2D eigenvalue weighted by Crippen LogP contribution is 2.48. The van der Waals surface area contributed by atoms with Crippen LogP contribution >= 0.6 is 11.6 Å². The Morgan fingerprint density at radius 2 is 1.76 bits per heavy atom. The van der Waals surface area contributed by atoms with Crippen LogP contribution in [0.4, 0.5) is 15.0 Å². The molecule has 49 heavy (non-hydrogen) atoms. The summed E-state index contributed by atoms with van der Waals surface area (Å²) in [6, 6.07) is 7.72. The first-order valence-electron chi connectivity index (χ1n) is 17.6. The highest BCUT2D eigenvalue weighted by Gasteiger charge is 2.48. The number of nitrogens with zero attached hydrogens (tertiary/aromatic N) is 7. The summed E-state index contributed by atoms with van der Waals surface area (Å²) in [5.74, 6) is 0.139. The fraction of sp³-hybridized carbons (Fsp3) is 0.568. The number of hydrogen-bond donors (Lipinski definition) is 0. The lowest BCUT2D eigenvalue weighted by molar-refractivity contribution is -0.0434. The molecule has 12 heteroatoms. The Kier molecular flexibility index (Phi) is 7.94. The van der Waals surface area contributed by atoms with Crippen molar-refractivity contribution >= 4 is 45.3 Å². The molecule has 0 unspecified atom stereocenters. The van der Waals surface area contributed by atoms with Crippen LogP contribution in [-0.2, 0) is 11.8 Å². The highest BCUT2D eigenvalue weighted by atomic mass is 35.5. The minimum Gasteiger partial charge on any atom is -0.463 e. The Bertz CT molecular complexity index is 1910. The second-order valence-electron chi connectivity index (χ2n) is 15.9. The van der Waals surface area contributed by atoms with E-state index in [-0.39, 0.29) is 28.5 Å². The number of amides is 1. The molecule has 8 rings (SSSR count). The van der Waals surface area contributed by atoms with Crippen molar-refractivity contribution in [2.45, 2.75) is 64.9 Å². The highest BCUT2D eigenvalue weighted by molar-refractivity contribution is 6.35. The lowest BCUT2D eigenvalue weighted by Gasteiger charge is -2.53. The van der Waals surface area contributed by atoms with Gasteiger partial charge < -0.3 is 24.2 Å². The number of likely N-dealkylation sites (tertiary alicyclic amines) is 2. The van der Waals surface area contributed by atoms with Crippen LogP contribution in [0.2, 0.25) is 5.02 Å². The zero-order chi connectivity index (χ0) is 34.1. The summed E-state index contributed by atoms with van der Waals surface area (Å²) < 4.78 is 30.7. The first-order chi connectivity index (χ1) is 23.4. The maximum absolute atomic E-state index is 16.9. The third kappa shape index (κ3) is 6.17. The summed E-state index contributed by atoms with van der Waals surface area (Å²) in [7, 11) is 1.87. The molecule has 5 heterocycles. The lowest BCUT2D eigenvalue weighted by atomic mass is 9.72. The van der Waals surface area contributed by atoms with Crippen LogP contribution in [0.5, 0.6) is 6.01 Å². The van der Waals surface area contributed by atoms with Crippen molar-refractivity contribution in [1.82, 2.24) is 29.5 Å². The molecule has 0 N–H and O–H groups in total. The number of carbonyl (C=O) groups is 1. The summed E-state index contributed by atoms with van der Waals surface area (Å²) in [5.41, 5.74) is 1.67. The topological polar surface area (TPSA) is 88.9 Å². The SMILES string of the molecule is Cn1ncc2c(-c3c(Cl)cc4c(N5CCC6(CC5)CN(C(=O)OC(C)(C)C)C6)nc(OCC5(CN6CCCC6)CC5)nc4c3F)cccc21. The monoisotopic (exact) mass is 689 g/mol. The molecule has 0 atom stereocenters. The van der Waals surface area contributed by atoms with E-state index in [1.807, 2.05) is 46.0 Å². The first-order valence-corrected chi connectivity index (χ1v) is 18.0. The van der Waals surface area contributed by atoms with E-state index < -0.39 is 11.4 Å². The van der Waals surface area contributed by atoms with E-state index in [4.69, 9.17) is 31.0 Å². The molecule has 3 saturated heterocycles. The number of anilines is 1. The standard InChI is InChI=1S/C37H45ClFN7O3/c1-35(2,3)49-34(47)46-21-36(22-46)12-16-45(17-13-36)32-25-18-27(38)29(24-8-7-9-28-26(24)19-40-43(28)4)30(39)31(25)41-33(42-32)48-23-37(10-11-37)20-44-14-5-6-15-44/h7-9,18-19H,5-6,10-17,20-23H2,1-4H3. The predicted molar refractivity (Wildman–Crippen MR) is 189 cm³/mol. The molecular formula is C37H45ClFN7O3. The van der Waals surface area contributed by atoms with Crippen LogP contribution < -0.4 is 9.64 Å². The van der Waals surface area contributed by atoms with E-state index in [0.29, 0.717) is 60.1 Å². The fourth-order valence-electron chi connectivity index (χ4n) is 7.99. The molecule has 0 bridgehead atoms. The van der Waals surface area contributed by atoms with Gasteiger partial charge in [-0.25, -0.2) is 9.18 Å². The first kappa shape index (κ1) is 32.5. The van der Waals surface area contributed by atoms with Crippen molar-refractivity contribution in [2.75, 3.05) is 57.3 Å². The second-order valence-corrected chi connectivity index (χ2v) is 16.3. The van der Waals surface area contributed by atoms with Crippen LogP contribution in [0.3, 0.4) is 0 Å². The molecule has 2 aromatic heterocycles. The third-order valence-corrected chi connectivity index (χ3v) is 11.3. The van der Waals surface area contributed by atoms with E-state index in [0.717, 1.165) is 56.2 Å². The van der Waals surface area contributed by atoms with Gasteiger partial charge in [-0.1, -0.05) is 23.7 Å². The molecule has 4 aromatic rings. The molecule has 0 radical (unpaired) electrons. The Hall–Kier alpha value is -3.70. The van der Waals surface area contributed by atoms with Gasteiger partial charge in [-0.15, -0.1) is 0 Å². The summed E-state index contributed by atoms with van der Waals surface area (Å²) in [5, 5.41) is 6.08. The average Bonchev–Trinajstić information content (AvgIpc) is 3.40. The maximum Gasteiger partial charge on any atom is 0.410 e. The molecule has 1 aliphatic carbocycles. The number of rotatable bonds is 7. The number of piperidine rings is 1. The lowest BCUT2D eigenvalue weighted by Crippen LogP contribution is -2.62. The van der Waals surface area contributed by atoms with Crippen LogP contribution in [0.1, 0.15) is 59.3 Å². The minimum absolute atomic E-state index is 0.0436. The number of fused-ring (bicyclic) bond motifs is 2. The molecule has 260 valence electrons. The number of ether oxygens (including phenoxy) is 2. The number of hydrogen-bond acceptors (Lipinski definition) is 8. The van der Waals surface area contributed by atoms with Gasteiger partial charge in [0, 0.05) is 66.9 Å². The van der Waals surface area contributed by atoms with Crippen LogP contribution in [0, 0.1) is 16.6 Å². The van der Waals surface area contributed by atoms with Gasteiger partial charge in [0.05, 0.1) is 23.3 Å². The Balaban J connectivity index is 1.11. The Morgan fingerprint density at radius 3 is 2.45 bits per heavy atom. The molecule has 1 saturated carbocycles. The summed E-state index contributed by atoms with van der Waals surface area (Å²) in [6.07, 6.45) is 7.97. The number of benzene rings is 2. The Morgan fingerprint density at radius 1 is 1.02 bits per heavy atom. The molecule has 10 nitrogen and oxygen atoms in total. The predicted octanol–water partition coefficient (Wildman–Crippen LogP) is 7.07. The average molecular weight is 690 g/mol. The quantitative estimate of drug-likeness (QED) is 0.204. The molecule has 4 aliphatic rings. The van der Waals surface area contributed by atoms with Gasteiger partial charge in [0.1, 0.15) is 16.9 Å². The van der Waals surface area contributed by atoms with Crippen molar-refractivity contribution in [2.24, 2.45) is 17.9 Å². The fourth-order valence-corrected chi connectivity index (χ4v) is 8.29. The summed E-state index contributed by atoms with van der Waals surface area (Å²) in [4.78, 5) is 28.9. The molecule has 1 amide bonds. The van der Waals surface area contributed by atoms with Crippen LogP contribution in [0.15, 0.2) is 30.5 Å². The maximum atomic E-state index is 16.9. The van der Waals surface area contributed by atoms with Crippen LogP contribution in [0.25, 0.3) is 32.9 Å². The van der Waals surface area contributed by atoms with E-state index in [1.54, 1.807) is 21.8 Å². The van der Waals surface area contributed by atoms with Gasteiger partial charge in [0.25, 0.3) is 0 Å². The van der Waals surface area contributed by atoms with E-state index >= 15 is 4.39 Å². The number of aryl methyl sites for hydroxylation is 1. The van der Waals surface area contributed by atoms with E-state index in [2.05, 4.69) is 14.9 Å². The van der Waals surface area contributed by atoms with Crippen LogP contribution in [-0.4, -0.2) is 93.7 Å². The zero-order valence-corrected chi connectivity index (χ0v) is 29.7. The van der Waals surface area contributed by atoms with Gasteiger partial charge in [-0.3, -0.25) is 4.68 Å². The molecule has 2 aromatic carbocycles. The molecule has 4 fully saturated rings. The molecule has 3 aliphatic heterocycles. The summed E-state index contributed by atoms with van der Waals surface area (Å²) in [6.45, 7) is 12.3.